The molecule has 0 amide bonds. The molecule has 4 N–H and O–H groups in total. The van der Waals surface area contributed by atoms with E-state index in [9.17, 15) is 13.5 Å². The number of H-pyrrole nitrogens is 1. The van der Waals surface area contributed by atoms with Crippen LogP contribution in [-0.2, 0) is 16.8 Å². The summed E-state index contributed by atoms with van der Waals surface area (Å²) in [5.74, 6) is 2.35. The van der Waals surface area contributed by atoms with E-state index in [1.807, 2.05) is 13.1 Å². The number of aliphatic hydroxyl groups excluding tert-OH is 1. The smallest absolute Gasteiger partial charge is 0.282 e. The van der Waals surface area contributed by atoms with Crippen LogP contribution in [0.2, 0.25) is 0 Å². The zero-order valence-electron chi connectivity index (χ0n) is 22.7. The van der Waals surface area contributed by atoms with Gasteiger partial charge in [-0.05, 0) is 25.7 Å². The van der Waals surface area contributed by atoms with Gasteiger partial charge in [0.15, 0.2) is 5.82 Å². The van der Waals surface area contributed by atoms with Crippen molar-refractivity contribution in [3.63, 3.8) is 0 Å². The molecule has 40 heavy (non-hydrogen) atoms. The lowest BCUT2D eigenvalue weighted by molar-refractivity contribution is 0.0930. The van der Waals surface area contributed by atoms with Gasteiger partial charge in [-0.2, -0.15) is 37.4 Å². The largest absolute Gasteiger partial charge is 0.390 e. The lowest BCUT2D eigenvalue weighted by Crippen LogP contribution is -2.64. The van der Waals surface area contributed by atoms with Gasteiger partial charge in [0, 0.05) is 76.6 Å². The summed E-state index contributed by atoms with van der Waals surface area (Å²) in [6.07, 6.45) is 4.07. The van der Waals surface area contributed by atoms with Crippen molar-refractivity contribution in [1.82, 2.24) is 34.1 Å². The van der Waals surface area contributed by atoms with Crippen LogP contribution in [0.15, 0.2) is 12.1 Å². The molecule has 2 aromatic rings. The minimum Gasteiger partial charge on any atom is -0.390 e. The number of piperazine rings is 1. The van der Waals surface area contributed by atoms with Crippen LogP contribution in [0.25, 0.3) is 0 Å². The molecular formula is C25H37N11O3S. The number of aromatic nitrogens is 4. The summed E-state index contributed by atoms with van der Waals surface area (Å²) in [6, 6.07) is 5.75. The summed E-state index contributed by atoms with van der Waals surface area (Å²) >= 11 is 0. The Morgan fingerprint density at radius 3 is 2.52 bits per heavy atom. The Kier molecular flexibility index (Phi) is 7.53. The second-order valence-corrected chi connectivity index (χ2v) is 13.0. The third-order valence-corrected chi connectivity index (χ3v) is 10.6. The SMILES string of the molecule is CN(c1nc(Nc2cc(CO)[nH]n2)cc(N2CCNCC2)n1)[C@@H]1C[C@H]2CCC[C@@H](C1)N2S(=O)(=O)N1CC(C#N)C1. The second-order valence-electron chi connectivity index (χ2n) is 11.2. The molecule has 6 rings (SSSR count). The lowest BCUT2D eigenvalue weighted by Gasteiger charge is -2.51. The number of fused-ring (bicyclic) bond motifs is 2. The summed E-state index contributed by atoms with van der Waals surface area (Å²) in [5.41, 5.74) is 0.603. The number of hydrogen-bond acceptors (Lipinski definition) is 11. The van der Waals surface area contributed by atoms with Gasteiger partial charge in [-0.3, -0.25) is 5.10 Å². The number of anilines is 4. The van der Waals surface area contributed by atoms with Crippen LogP contribution in [0, 0.1) is 17.2 Å². The average molecular weight is 572 g/mol. The van der Waals surface area contributed by atoms with Crippen LogP contribution < -0.4 is 20.4 Å². The van der Waals surface area contributed by atoms with Gasteiger partial charge in [0.1, 0.15) is 11.6 Å². The van der Waals surface area contributed by atoms with E-state index in [0.29, 0.717) is 36.1 Å². The van der Waals surface area contributed by atoms with Crippen molar-refractivity contribution >= 4 is 33.6 Å². The van der Waals surface area contributed by atoms with Crippen molar-refractivity contribution < 1.29 is 13.5 Å². The van der Waals surface area contributed by atoms with Gasteiger partial charge >= 0.3 is 0 Å². The van der Waals surface area contributed by atoms with E-state index in [2.05, 4.69) is 36.7 Å². The molecule has 4 aliphatic heterocycles. The van der Waals surface area contributed by atoms with Gasteiger partial charge in [0.2, 0.25) is 5.95 Å². The summed E-state index contributed by atoms with van der Waals surface area (Å²) in [5, 5.41) is 32.2. The van der Waals surface area contributed by atoms with Crippen molar-refractivity contribution in [2.75, 3.05) is 61.4 Å². The van der Waals surface area contributed by atoms with Crippen LogP contribution in [0.3, 0.4) is 0 Å². The fraction of sp³-hybridized carbons (Fsp3) is 0.680. The lowest BCUT2D eigenvalue weighted by atomic mass is 9.83. The summed E-state index contributed by atoms with van der Waals surface area (Å²) in [4.78, 5) is 14.1. The molecule has 0 saturated carbocycles. The third-order valence-electron chi connectivity index (χ3n) is 8.57. The molecule has 0 radical (unpaired) electrons. The number of nitriles is 1. The minimum atomic E-state index is -3.59. The van der Waals surface area contributed by atoms with E-state index in [1.54, 1.807) is 10.4 Å². The molecule has 14 nitrogen and oxygen atoms in total. The van der Waals surface area contributed by atoms with Gasteiger partial charge in [-0.1, -0.05) is 6.42 Å². The molecule has 0 spiro atoms. The Bertz CT molecular complexity index is 1340. The molecule has 2 bridgehead atoms. The zero-order chi connectivity index (χ0) is 27.9. The first-order valence-electron chi connectivity index (χ1n) is 14.0. The Balaban J connectivity index is 1.24. The van der Waals surface area contributed by atoms with Gasteiger partial charge in [-0.25, -0.2) is 0 Å². The first kappa shape index (κ1) is 27.2. The molecule has 0 aromatic carbocycles. The van der Waals surface area contributed by atoms with Gasteiger partial charge in [0.25, 0.3) is 10.2 Å². The molecule has 4 fully saturated rings. The van der Waals surface area contributed by atoms with E-state index in [0.717, 1.165) is 51.3 Å². The molecule has 3 atom stereocenters. The van der Waals surface area contributed by atoms with Crippen molar-refractivity contribution in [2.24, 2.45) is 5.92 Å². The first-order chi connectivity index (χ1) is 19.4. The normalized spacial score (nSPS) is 26.2. The van der Waals surface area contributed by atoms with E-state index >= 15 is 0 Å². The van der Waals surface area contributed by atoms with E-state index in [-0.39, 0.29) is 43.7 Å². The fourth-order valence-corrected chi connectivity index (χ4v) is 8.48. The van der Waals surface area contributed by atoms with Gasteiger partial charge < -0.3 is 25.5 Å². The number of nitrogens with one attached hydrogen (secondary N) is 3. The molecule has 6 heterocycles. The topological polar surface area (TPSA) is 170 Å². The van der Waals surface area contributed by atoms with Crippen LogP contribution in [0.5, 0.6) is 0 Å². The van der Waals surface area contributed by atoms with Crippen molar-refractivity contribution in [2.45, 2.75) is 56.8 Å². The van der Waals surface area contributed by atoms with Crippen LogP contribution in [-0.4, -0.2) is 107 Å². The molecular weight excluding hydrogens is 534 g/mol. The number of hydrogen-bond donors (Lipinski definition) is 4. The fourth-order valence-electron chi connectivity index (χ4n) is 6.34. The summed E-state index contributed by atoms with van der Waals surface area (Å²) in [6.45, 7) is 3.86. The highest BCUT2D eigenvalue weighted by atomic mass is 32.2. The van der Waals surface area contributed by atoms with Gasteiger partial charge in [-0.15, -0.1) is 0 Å². The van der Waals surface area contributed by atoms with Crippen LogP contribution in [0.1, 0.15) is 37.8 Å². The number of aliphatic hydroxyl groups is 1. The Morgan fingerprint density at radius 2 is 1.88 bits per heavy atom. The molecule has 4 aliphatic rings. The third kappa shape index (κ3) is 5.21. The monoisotopic (exact) mass is 571 g/mol. The number of piperidine rings is 2. The highest BCUT2D eigenvalue weighted by molar-refractivity contribution is 7.86. The Hall–Kier alpha value is -3.03. The Labute approximate surface area is 234 Å². The standard InChI is InChI=1S/C25H37N11O3S/c1-33(21-10-19-3-2-4-20(11-21)36(19)40(38,39)35-14-17(13-26)15-35)25-29-22(28-23-9-18(16-37)31-32-23)12-24(30-25)34-7-5-27-6-8-34/h9,12,17,19-21,27,37H,2-8,10-11,14-16H2,1H3,(H2,28,29,30,31,32)/t19-,20+,21-. The van der Waals surface area contributed by atoms with E-state index < -0.39 is 10.2 Å². The summed E-state index contributed by atoms with van der Waals surface area (Å²) in [7, 11) is -1.59. The van der Waals surface area contributed by atoms with Crippen molar-refractivity contribution in [3.8, 4) is 6.07 Å². The average Bonchev–Trinajstić information content (AvgIpc) is 3.39. The molecule has 15 heteroatoms. The van der Waals surface area contributed by atoms with Crippen LogP contribution in [0.4, 0.5) is 23.4 Å². The number of aromatic amines is 1. The predicted octanol–water partition coefficient (Wildman–Crippen LogP) is 0.367. The quantitative estimate of drug-likeness (QED) is 0.345. The van der Waals surface area contributed by atoms with Gasteiger partial charge in [0.05, 0.1) is 24.3 Å². The van der Waals surface area contributed by atoms with E-state index in [4.69, 9.17) is 15.2 Å². The maximum absolute atomic E-state index is 13.5. The highest BCUT2D eigenvalue weighted by Crippen LogP contribution is 2.40. The second kappa shape index (κ2) is 11.1. The summed E-state index contributed by atoms with van der Waals surface area (Å²) < 4.78 is 30.2. The maximum Gasteiger partial charge on any atom is 0.282 e. The number of rotatable bonds is 8. The zero-order valence-corrected chi connectivity index (χ0v) is 23.5. The van der Waals surface area contributed by atoms with Crippen LogP contribution >= 0.6 is 0 Å². The first-order valence-corrected chi connectivity index (χ1v) is 15.4. The Morgan fingerprint density at radius 1 is 1.15 bits per heavy atom. The highest BCUT2D eigenvalue weighted by Gasteiger charge is 2.50. The predicted molar refractivity (Wildman–Crippen MR) is 149 cm³/mol. The molecule has 0 unspecified atom stereocenters. The van der Waals surface area contributed by atoms with E-state index in [1.165, 1.54) is 4.31 Å². The minimum absolute atomic E-state index is 0.0824. The molecule has 4 saturated heterocycles. The molecule has 216 valence electrons. The maximum atomic E-state index is 13.5. The van der Waals surface area contributed by atoms with Crippen molar-refractivity contribution in [1.29, 1.82) is 5.26 Å². The molecule has 0 aliphatic carbocycles. The molecule has 2 aromatic heterocycles. The van der Waals surface area contributed by atoms with Crippen molar-refractivity contribution in [3.05, 3.63) is 17.8 Å². The number of nitrogens with zero attached hydrogens (tertiary/aromatic N) is 8.